The van der Waals surface area contributed by atoms with Crippen molar-refractivity contribution >= 4 is 5.91 Å². The number of carbonyl (C=O) groups excluding carboxylic acids is 1. The lowest BCUT2D eigenvalue weighted by Crippen LogP contribution is -2.43. The molecule has 1 aliphatic rings. The van der Waals surface area contributed by atoms with E-state index < -0.39 is 0 Å². The van der Waals surface area contributed by atoms with Gasteiger partial charge in [0.25, 0.3) is 0 Å². The molecule has 1 aliphatic heterocycles. The van der Waals surface area contributed by atoms with Crippen LogP contribution in [0.3, 0.4) is 0 Å². The average molecular weight is 308 g/mol. The summed E-state index contributed by atoms with van der Waals surface area (Å²) in [6.07, 6.45) is 4.81. The van der Waals surface area contributed by atoms with Crippen molar-refractivity contribution in [1.82, 2.24) is 20.4 Å². The maximum absolute atomic E-state index is 12.0. The van der Waals surface area contributed by atoms with Crippen molar-refractivity contribution in [3.63, 3.8) is 0 Å². The van der Waals surface area contributed by atoms with E-state index in [-0.39, 0.29) is 12.5 Å². The van der Waals surface area contributed by atoms with E-state index >= 15 is 0 Å². The second-order valence-corrected chi connectivity index (χ2v) is 6.16. The van der Waals surface area contributed by atoms with Crippen LogP contribution < -0.4 is 5.32 Å². The summed E-state index contributed by atoms with van der Waals surface area (Å²) in [6.45, 7) is 6.78. The molecule has 1 aromatic heterocycles. The quantitative estimate of drug-likeness (QED) is 0.654. The van der Waals surface area contributed by atoms with Crippen LogP contribution >= 0.6 is 0 Å². The summed E-state index contributed by atoms with van der Waals surface area (Å²) in [5, 5.41) is 19.4. The Hall–Kier alpha value is -1.40. The smallest absolute Gasteiger partial charge is 0.224 e. The Morgan fingerprint density at radius 1 is 1.45 bits per heavy atom. The average Bonchev–Trinajstić information content (AvgIpc) is 2.84. The standard InChI is InChI=1S/C16H28N4O2/c1-12-15(13(2)19-18-12)10-16(22)17-7-5-9-20-8-4-3-6-14(20)11-21/h14,21H,3-11H2,1-2H3,(H,17,22)(H,18,19). The van der Waals surface area contributed by atoms with Crippen molar-refractivity contribution < 1.29 is 9.90 Å². The summed E-state index contributed by atoms with van der Waals surface area (Å²) in [5.74, 6) is 0.0463. The van der Waals surface area contributed by atoms with Crippen molar-refractivity contribution in [2.75, 3.05) is 26.2 Å². The first-order chi connectivity index (χ1) is 10.6. The first-order valence-corrected chi connectivity index (χ1v) is 8.24. The first-order valence-electron chi connectivity index (χ1n) is 8.24. The van der Waals surface area contributed by atoms with E-state index in [1.165, 1.54) is 12.8 Å². The summed E-state index contributed by atoms with van der Waals surface area (Å²) < 4.78 is 0. The van der Waals surface area contributed by atoms with E-state index in [2.05, 4.69) is 20.4 Å². The highest BCUT2D eigenvalue weighted by atomic mass is 16.3. The third-order valence-corrected chi connectivity index (χ3v) is 4.52. The van der Waals surface area contributed by atoms with Crippen LogP contribution in [0.4, 0.5) is 0 Å². The van der Waals surface area contributed by atoms with Crippen molar-refractivity contribution in [3.05, 3.63) is 17.0 Å². The third-order valence-electron chi connectivity index (χ3n) is 4.52. The molecule has 6 heteroatoms. The summed E-state index contributed by atoms with van der Waals surface area (Å²) in [6, 6.07) is 0.306. The molecule has 1 unspecified atom stereocenters. The van der Waals surface area contributed by atoms with E-state index in [9.17, 15) is 9.90 Å². The lowest BCUT2D eigenvalue weighted by molar-refractivity contribution is -0.120. The molecule has 1 aromatic rings. The largest absolute Gasteiger partial charge is 0.395 e. The van der Waals surface area contributed by atoms with Crippen LogP contribution in [0, 0.1) is 13.8 Å². The molecule has 0 radical (unpaired) electrons. The molecule has 1 fully saturated rings. The van der Waals surface area contributed by atoms with Gasteiger partial charge in [0.05, 0.1) is 18.7 Å². The molecule has 0 bridgehead atoms. The van der Waals surface area contributed by atoms with Gasteiger partial charge in [-0.1, -0.05) is 6.42 Å². The SMILES string of the molecule is Cc1n[nH]c(C)c1CC(=O)NCCCN1CCCCC1CO. The van der Waals surface area contributed by atoms with Crippen LogP contribution in [0.2, 0.25) is 0 Å². The zero-order chi connectivity index (χ0) is 15.9. The van der Waals surface area contributed by atoms with E-state index in [4.69, 9.17) is 0 Å². The van der Waals surface area contributed by atoms with E-state index in [0.717, 1.165) is 42.9 Å². The van der Waals surface area contributed by atoms with Crippen molar-refractivity contribution in [1.29, 1.82) is 0 Å². The number of aryl methyl sites for hydroxylation is 2. The normalized spacial score (nSPS) is 19.3. The molecule has 1 saturated heterocycles. The molecule has 1 atom stereocenters. The topological polar surface area (TPSA) is 81.2 Å². The fraction of sp³-hybridized carbons (Fsp3) is 0.750. The number of hydrogen-bond donors (Lipinski definition) is 3. The number of H-pyrrole nitrogens is 1. The number of aromatic amines is 1. The van der Waals surface area contributed by atoms with Gasteiger partial charge in [-0.05, 0) is 39.7 Å². The third kappa shape index (κ3) is 4.55. The second kappa shape index (κ2) is 8.29. The minimum atomic E-state index is 0.0463. The number of likely N-dealkylation sites (tertiary alicyclic amines) is 1. The fourth-order valence-electron chi connectivity index (χ4n) is 3.13. The lowest BCUT2D eigenvalue weighted by atomic mass is 10.0. The van der Waals surface area contributed by atoms with Crippen LogP contribution in [0.15, 0.2) is 0 Å². The first kappa shape index (κ1) is 17.0. The Bertz CT molecular complexity index is 467. The van der Waals surface area contributed by atoms with Gasteiger partial charge < -0.3 is 10.4 Å². The van der Waals surface area contributed by atoms with Gasteiger partial charge in [0, 0.05) is 30.4 Å². The number of nitrogens with zero attached hydrogens (tertiary/aromatic N) is 2. The van der Waals surface area contributed by atoms with E-state index in [1.807, 2.05) is 13.8 Å². The minimum absolute atomic E-state index is 0.0463. The predicted molar refractivity (Wildman–Crippen MR) is 85.7 cm³/mol. The monoisotopic (exact) mass is 308 g/mol. The van der Waals surface area contributed by atoms with Crippen LogP contribution in [0.5, 0.6) is 0 Å². The molecule has 0 saturated carbocycles. The number of piperidine rings is 1. The molecule has 124 valence electrons. The highest BCUT2D eigenvalue weighted by molar-refractivity contribution is 5.79. The number of aromatic nitrogens is 2. The van der Waals surface area contributed by atoms with E-state index in [1.54, 1.807) is 0 Å². The summed E-state index contributed by atoms with van der Waals surface area (Å²) >= 11 is 0. The molecule has 6 nitrogen and oxygen atoms in total. The molecule has 1 amide bonds. The van der Waals surface area contributed by atoms with Crippen molar-refractivity contribution in [3.8, 4) is 0 Å². The maximum atomic E-state index is 12.0. The lowest BCUT2D eigenvalue weighted by Gasteiger charge is -2.34. The van der Waals surface area contributed by atoms with Crippen LogP contribution in [-0.2, 0) is 11.2 Å². The number of carbonyl (C=O) groups is 1. The molecule has 2 rings (SSSR count). The minimum Gasteiger partial charge on any atom is -0.395 e. The number of amides is 1. The zero-order valence-electron chi connectivity index (χ0n) is 13.7. The molecule has 2 heterocycles. The summed E-state index contributed by atoms with van der Waals surface area (Å²) in [4.78, 5) is 14.3. The van der Waals surface area contributed by atoms with Gasteiger partial charge in [-0.15, -0.1) is 0 Å². The molecule has 3 N–H and O–H groups in total. The summed E-state index contributed by atoms with van der Waals surface area (Å²) in [5.41, 5.74) is 2.85. The second-order valence-electron chi connectivity index (χ2n) is 6.16. The Labute approximate surface area is 132 Å². The number of hydrogen-bond acceptors (Lipinski definition) is 4. The van der Waals surface area contributed by atoms with Gasteiger partial charge in [0.15, 0.2) is 0 Å². The van der Waals surface area contributed by atoms with Gasteiger partial charge in [-0.2, -0.15) is 5.10 Å². The number of rotatable bonds is 7. The Morgan fingerprint density at radius 3 is 2.95 bits per heavy atom. The molecular formula is C16H28N4O2. The van der Waals surface area contributed by atoms with Gasteiger partial charge in [0.1, 0.15) is 0 Å². The molecule has 22 heavy (non-hydrogen) atoms. The zero-order valence-corrected chi connectivity index (χ0v) is 13.7. The van der Waals surface area contributed by atoms with Crippen LogP contribution in [-0.4, -0.2) is 58.4 Å². The predicted octanol–water partition coefficient (Wildman–Crippen LogP) is 0.922. The van der Waals surface area contributed by atoms with Gasteiger partial charge in [0.2, 0.25) is 5.91 Å². The number of nitrogens with one attached hydrogen (secondary N) is 2. The Morgan fingerprint density at radius 2 is 2.27 bits per heavy atom. The fourth-order valence-corrected chi connectivity index (χ4v) is 3.13. The maximum Gasteiger partial charge on any atom is 0.224 e. The molecular weight excluding hydrogens is 280 g/mol. The number of aliphatic hydroxyl groups is 1. The van der Waals surface area contributed by atoms with Gasteiger partial charge in [-0.3, -0.25) is 14.8 Å². The van der Waals surface area contributed by atoms with Crippen molar-refractivity contribution in [2.45, 2.75) is 52.0 Å². The number of aliphatic hydroxyl groups excluding tert-OH is 1. The highest BCUT2D eigenvalue weighted by Gasteiger charge is 2.20. The summed E-state index contributed by atoms with van der Waals surface area (Å²) in [7, 11) is 0. The Balaban J connectivity index is 1.67. The van der Waals surface area contributed by atoms with Crippen LogP contribution in [0.25, 0.3) is 0 Å². The van der Waals surface area contributed by atoms with Gasteiger partial charge >= 0.3 is 0 Å². The van der Waals surface area contributed by atoms with Crippen LogP contribution in [0.1, 0.15) is 42.6 Å². The van der Waals surface area contributed by atoms with Gasteiger partial charge in [-0.25, -0.2) is 0 Å². The highest BCUT2D eigenvalue weighted by Crippen LogP contribution is 2.16. The van der Waals surface area contributed by atoms with Crippen molar-refractivity contribution in [2.24, 2.45) is 0 Å². The molecule has 0 aliphatic carbocycles. The molecule has 0 spiro atoms. The Kier molecular flexibility index (Phi) is 6.39. The van der Waals surface area contributed by atoms with E-state index in [0.29, 0.717) is 19.0 Å². The molecule has 0 aromatic carbocycles.